The van der Waals surface area contributed by atoms with E-state index in [-0.39, 0.29) is 5.91 Å². The molecule has 2 heterocycles. The van der Waals surface area contributed by atoms with Crippen LogP contribution in [0.15, 0.2) is 54.1 Å². The molecule has 4 rings (SSSR count). The van der Waals surface area contributed by atoms with E-state index in [9.17, 15) is 4.79 Å². The van der Waals surface area contributed by atoms with Crippen LogP contribution in [0, 0.1) is 0 Å². The first kappa shape index (κ1) is 19.7. The van der Waals surface area contributed by atoms with Crippen LogP contribution in [0.5, 0.6) is 5.75 Å². The number of fused-ring (bicyclic) bond motifs is 2. The molecule has 0 saturated carbocycles. The Morgan fingerprint density at radius 2 is 1.48 bits per heavy atom. The van der Waals surface area contributed by atoms with Crippen molar-refractivity contribution >= 4 is 11.5 Å². The van der Waals surface area contributed by atoms with Gasteiger partial charge in [-0.15, -0.1) is 0 Å². The Bertz CT molecular complexity index is 883. The van der Waals surface area contributed by atoms with Crippen molar-refractivity contribution in [3.63, 3.8) is 0 Å². The van der Waals surface area contributed by atoms with Crippen LogP contribution in [-0.2, 0) is 0 Å². The third kappa shape index (κ3) is 3.95. The molecule has 152 valence electrons. The molecule has 1 N–H and O–H groups in total. The fourth-order valence-corrected chi connectivity index (χ4v) is 4.82. The molecule has 0 aliphatic carbocycles. The Morgan fingerprint density at radius 3 is 2.00 bits per heavy atom. The monoisotopic (exact) mass is 390 g/mol. The van der Waals surface area contributed by atoms with Crippen molar-refractivity contribution < 1.29 is 9.53 Å². The van der Waals surface area contributed by atoms with Gasteiger partial charge in [0.1, 0.15) is 5.75 Å². The van der Waals surface area contributed by atoms with E-state index in [0.717, 1.165) is 18.6 Å². The highest BCUT2D eigenvalue weighted by molar-refractivity contribution is 5.95. The van der Waals surface area contributed by atoms with Gasteiger partial charge in [0.15, 0.2) is 0 Å². The second-order valence-electron chi connectivity index (χ2n) is 8.10. The Balaban J connectivity index is 1.74. The van der Waals surface area contributed by atoms with Gasteiger partial charge in [-0.2, -0.15) is 0 Å². The van der Waals surface area contributed by atoms with E-state index in [1.807, 2.05) is 31.2 Å². The topological polar surface area (TPSA) is 41.6 Å². The number of nitrogens with one attached hydrogen (secondary N) is 1. The predicted octanol–water partition coefficient (Wildman–Crippen LogP) is 4.50. The molecule has 2 fully saturated rings. The molecule has 2 aliphatic rings. The fourth-order valence-electron chi connectivity index (χ4n) is 4.82. The molecule has 2 bridgehead atoms. The van der Waals surface area contributed by atoms with E-state index < -0.39 is 0 Å². The number of piperidine rings is 1. The van der Waals surface area contributed by atoms with Crippen LogP contribution in [0.4, 0.5) is 0 Å². The van der Waals surface area contributed by atoms with E-state index in [2.05, 4.69) is 41.5 Å². The molecule has 4 heteroatoms. The van der Waals surface area contributed by atoms with Crippen molar-refractivity contribution in [1.29, 1.82) is 0 Å². The van der Waals surface area contributed by atoms with Gasteiger partial charge in [-0.1, -0.05) is 29.8 Å². The second kappa shape index (κ2) is 8.42. The Labute approximate surface area is 173 Å². The summed E-state index contributed by atoms with van der Waals surface area (Å²) in [6, 6.07) is 17.7. The van der Waals surface area contributed by atoms with Gasteiger partial charge in [-0.3, -0.25) is 9.69 Å². The van der Waals surface area contributed by atoms with Crippen molar-refractivity contribution in [3.8, 4) is 5.75 Å². The molecule has 1 amide bonds. The lowest BCUT2D eigenvalue weighted by molar-refractivity contribution is 0.0956. The minimum absolute atomic E-state index is 0.0185. The maximum Gasteiger partial charge on any atom is 0.251 e. The zero-order valence-corrected chi connectivity index (χ0v) is 17.6. The summed E-state index contributed by atoms with van der Waals surface area (Å²) in [7, 11) is 3.97. The Morgan fingerprint density at radius 1 is 0.966 bits per heavy atom. The molecular formula is C25H30N2O2. The van der Waals surface area contributed by atoms with Gasteiger partial charge in [0, 0.05) is 24.2 Å². The SMILES string of the molecule is CCNC(=O)c1ccc(C(=C2CC3CCC(C2)N3C)c2ccc(OC)cc2)cc1. The van der Waals surface area contributed by atoms with E-state index in [0.29, 0.717) is 24.2 Å². The number of benzene rings is 2. The number of ether oxygens (including phenoxy) is 1. The summed E-state index contributed by atoms with van der Waals surface area (Å²) >= 11 is 0. The summed E-state index contributed by atoms with van der Waals surface area (Å²) in [4.78, 5) is 14.7. The highest BCUT2D eigenvalue weighted by Crippen LogP contribution is 2.42. The standard InChI is InChI=1S/C25H30N2O2/c1-4-26-25(28)19-7-5-17(6-8-19)24(18-9-13-23(29-3)14-10-18)20-15-21-11-12-22(16-20)27(21)2/h5-10,13-14,21-22H,4,11-12,15-16H2,1-3H3,(H,26,28). The van der Waals surface area contributed by atoms with Crippen molar-refractivity contribution in [1.82, 2.24) is 10.2 Å². The number of hydrogen-bond acceptors (Lipinski definition) is 3. The second-order valence-corrected chi connectivity index (χ2v) is 8.10. The summed E-state index contributed by atoms with van der Waals surface area (Å²) in [5.74, 6) is 0.850. The minimum atomic E-state index is -0.0185. The first-order chi connectivity index (χ1) is 14.1. The molecule has 2 aliphatic heterocycles. The molecule has 0 radical (unpaired) electrons. The van der Waals surface area contributed by atoms with Gasteiger partial charge in [0.05, 0.1) is 7.11 Å². The molecule has 2 atom stereocenters. The third-order valence-corrected chi connectivity index (χ3v) is 6.45. The molecule has 2 saturated heterocycles. The molecule has 2 unspecified atom stereocenters. The predicted molar refractivity (Wildman–Crippen MR) is 117 cm³/mol. The maximum absolute atomic E-state index is 12.2. The lowest BCUT2D eigenvalue weighted by atomic mass is 9.85. The first-order valence-electron chi connectivity index (χ1n) is 10.6. The van der Waals surface area contributed by atoms with Crippen LogP contribution in [0.2, 0.25) is 0 Å². The Hall–Kier alpha value is -2.59. The van der Waals surface area contributed by atoms with E-state index in [1.54, 1.807) is 7.11 Å². The molecule has 4 nitrogen and oxygen atoms in total. The van der Waals surface area contributed by atoms with Crippen molar-refractivity contribution in [3.05, 3.63) is 70.8 Å². The molecule has 29 heavy (non-hydrogen) atoms. The third-order valence-electron chi connectivity index (χ3n) is 6.45. The number of amides is 1. The van der Waals surface area contributed by atoms with Crippen molar-refractivity contribution in [2.75, 3.05) is 20.7 Å². The number of methoxy groups -OCH3 is 1. The van der Waals surface area contributed by atoms with Gasteiger partial charge in [-0.25, -0.2) is 0 Å². The highest BCUT2D eigenvalue weighted by atomic mass is 16.5. The molecular weight excluding hydrogens is 360 g/mol. The summed E-state index contributed by atoms with van der Waals surface area (Å²) in [6.07, 6.45) is 4.81. The van der Waals surface area contributed by atoms with Gasteiger partial charge in [0.25, 0.3) is 5.91 Å². The number of nitrogens with zero attached hydrogens (tertiary/aromatic N) is 1. The average molecular weight is 391 g/mol. The van der Waals surface area contributed by atoms with E-state index in [4.69, 9.17) is 4.74 Å². The number of carbonyl (C=O) groups excluding carboxylic acids is 1. The smallest absolute Gasteiger partial charge is 0.251 e. The van der Waals surface area contributed by atoms with Crippen molar-refractivity contribution in [2.24, 2.45) is 0 Å². The molecule has 0 aromatic heterocycles. The fraction of sp³-hybridized carbons (Fsp3) is 0.400. The molecule has 2 aromatic rings. The van der Waals surface area contributed by atoms with E-state index >= 15 is 0 Å². The van der Waals surface area contributed by atoms with Crippen molar-refractivity contribution in [2.45, 2.75) is 44.7 Å². The van der Waals surface area contributed by atoms with Crippen LogP contribution in [0.25, 0.3) is 5.57 Å². The quantitative estimate of drug-likeness (QED) is 0.817. The maximum atomic E-state index is 12.2. The van der Waals surface area contributed by atoms with Crippen LogP contribution in [0.1, 0.15) is 54.1 Å². The molecule has 0 spiro atoms. The average Bonchev–Trinajstić information content (AvgIpc) is 2.95. The van der Waals surface area contributed by atoms with E-state index in [1.165, 1.54) is 35.1 Å². The summed E-state index contributed by atoms with van der Waals surface area (Å²) in [6.45, 7) is 2.57. The lowest BCUT2D eigenvalue weighted by Gasteiger charge is -2.34. The zero-order chi connectivity index (χ0) is 20.4. The zero-order valence-electron chi connectivity index (χ0n) is 17.6. The van der Waals surface area contributed by atoms with Crippen LogP contribution in [-0.4, -0.2) is 43.6 Å². The normalized spacial score (nSPS) is 21.1. The van der Waals surface area contributed by atoms with Gasteiger partial charge in [-0.05, 0) is 80.6 Å². The summed E-state index contributed by atoms with van der Waals surface area (Å²) in [5, 5.41) is 2.87. The highest BCUT2D eigenvalue weighted by Gasteiger charge is 2.37. The number of rotatable bonds is 5. The minimum Gasteiger partial charge on any atom is -0.497 e. The lowest BCUT2D eigenvalue weighted by Crippen LogP contribution is -2.37. The van der Waals surface area contributed by atoms with Gasteiger partial charge in [0.2, 0.25) is 0 Å². The first-order valence-corrected chi connectivity index (χ1v) is 10.6. The Kier molecular flexibility index (Phi) is 5.72. The number of carbonyl (C=O) groups is 1. The molecule has 2 aromatic carbocycles. The number of hydrogen-bond donors (Lipinski definition) is 1. The van der Waals surface area contributed by atoms with Gasteiger partial charge >= 0.3 is 0 Å². The summed E-state index contributed by atoms with van der Waals surface area (Å²) < 4.78 is 5.36. The van der Waals surface area contributed by atoms with Crippen LogP contribution >= 0.6 is 0 Å². The summed E-state index contributed by atoms with van der Waals surface area (Å²) in [5.41, 5.74) is 5.96. The largest absolute Gasteiger partial charge is 0.497 e. The van der Waals surface area contributed by atoms with Crippen LogP contribution < -0.4 is 10.1 Å². The van der Waals surface area contributed by atoms with Crippen LogP contribution in [0.3, 0.4) is 0 Å². The van der Waals surface area contributed by atoms with Gasteiger partial charge < -0.3 is 10.1 Å².